The zero-order valence-corrected chi connectivity index (χ0v) is 10.8. The molecule has 1 aromatic rings. The van der Waals surface area contributed by atoms with Crippen molar-refractivity contribution in [3.8, 4) is 0 Å². The summed E-state index contributed by atoms with van der Waals surface area (Å²) in [4.78, 5) is 10.8. The van der Waals surface area contributed by atoms with Crippen molar-refractivity contribution in [1.29, 1.82) is 0 Å². The van der Waals surface area contributed by atoms with Gasteiger partial charge in [-0.15, -0.1) is 0 Å². The van der Waals surface area contributed by atoms with E-state index in [0.29, 0.717) is 0 Å². The van der Waals surface area contributed by atoms with Crippen LogP contribution in [0.3, 0.4) is 0 Å². The van der Waals surface area contributed by atoms with Crippen LogP contribution in [0.1, 0.15) is 36.7 Å². The lowest BCUT2D eigenvalue weighted by molar-refractivity contribution is 0.112. The number of rotatable bonds is 2. The lowest BCUT2D eigenvalue weighted by Crippen LogP contribution is -2.21. The largest absolute Gasteiger partial charge is 0.298 e. The monoisotopic (exact) mass is 206 g/mol. The number of benzene rings is 1. The molecule has 0 aliphatic carbocycles. The zero-order chi connectivity index (χ0) is 10.8. The van der Waals surface area contributed by atoms with E-state index in [0.717, 1.165) is 11.8 Å². The summed E-state index contributed by atoms with van der Waals surface area (Å²) in [6.07, 6.45) is 0.971. The molecule has 1 rings (SSSR count). The molecule has 0 aromatic heterocycles. The molecular formula is C12H18OSi. The molecule has 0 saturated heterocycles. The van der Waals surface area contributed by atoms with Crippen LogP contribution in [0.25, 0.3) is 0 Å². The lowest BCUT2D eigenvalue weighted by atomic mass is 9.87. The fourth-order valence-electron chi connectivity index (χ4n) is 1.49. The number of hydrogen-bond donors (Lipinski definition) is 0. The third-order valence-corrected chi connectivity index (χ3v) is 3.89. The molecule has 0 saturated carbocycles. The maximum absolute atomic E-state index is 10.8. The molecule has 1 aromatic carbocycles. The minimum absolute atomic E-state index is 0.180. The highest BCUT2D eigenvalue weighted by Crippen LogP contribution is 2.21. The normalized spacial score (nSPS) is 12.3. The standard InChI is InChI=1S/C12H18OSi/c1-12(2,3)10-6-5-9(8-13)11(7-10)14-4/h5-8H,14H2,1-4H3. The Morgan fingerprint density at radius 3 is 2.36 bits per heavy atom. The summed E-state index contributed by atoms with van der Waals surface area (Å²) < 4.78 is 0. The Balaban J connectivity index is 3.21. The summed E-state index contributed by atoms with van der Waals surface area (Å²) in [5.74, 6) is 0. The highest BCUT2D eigenvalue weighted by atomic mass is 28.2. The van der Waals surface area contributed by atoms with E-state index in [9.17, 15) is 4.79 Å². The van der Waals surface area contributed by atoms with Gasteiger partial charge in [-0.1, -0.05) is 50.7 Å². The van der Waals surface area contributed by atoms with E-state index in [1.165, 1.54) is 10.8 Å². The summed E-state index contributed by atoms with van der Waals surface area (Å²) in [6, 6.07) is 6.23. The van der Waals surface area contributed by atoms with Gasteiger partial charge in [0.05, 0.1) is 9.52 Å². The van der Waals surface area contributed by atoms with Gasteiger partial charge >= 0.3 is 0 Å². The fourth-order valence-corrected chi connectivity index (χ4v) is 2.53. The molecule has 0 aliphatic rings. The average molecular weight is 206 g/mol. The molecular weight excluding hydrogens is 188 g/mol. The first-order valence-corrected chi connectivity index (χ1v) is 7.19. The average Bonchev–Trinajstić information content (AvgIpc) is 2.15. The van der Waals surface area contributed by atoms with E-state index >= 15 is 0 Å². The summed E-state index contributed by atoms with van der Waals surface area (Å²) >= 11 is 0. The Kier molecular flexibility index (Phi) is 3.27. The van der Waals surface area contributed by atoms with Crippen molar-refractivity contribution in [1.82, 2.24) is 0 Å². The summed E-state index contributed by atoms with van der Waals surface area (Å²) in [5.41, 5.74) is 2.39. The van der Waals surface area contributed by atoms with Gasteiger partial charge < -0.3 is 0 Å². The van der Waals surface area contributed by atoms with Crippen LogP contribution in [-0.2, 0) is 5.41 Å². The Morgan fingerprint density at radius 1 is 1.29 bits per heavy atom. The Hall–Kier alpha value is -0.893. The van der Waals surface area contributed by atoms with Crippen LogP contribution in [0.15, 0.2) is 18.2 Å². The van der Waals surface area contributed by atoms with Crippen LogP contribution in [0.4, 0.5) is 0 Å². The van der Waals surface area contributed by atoms with Crippen LogP contribution >= 0.6 is 0 Å². The van der Waals surface area contributed by atoms with Gasteiger partial charge in [-0.2, -0.15) is 0 Å². The van der Waals surface area contributed by atoms with E-state index < -0.39 is 0 Å². The highest BCUT2D eigenvalue weighted by molar-refractivity contribution is 6.53. The van der Waals surface area contributed by atoms with Gasteiger partial charge in [-0.05, 0) is 11.0 Å². The molecule has 2 heteroatoms. The second kappa shape index (κ2) is 4.09. The SMILES string of the molecule is C[SiH2]c1cc(C(C)(C)C)ccc1C=O. The van der Waals surface area contributed by atoms with Crippen LogP contribution in [0.2, 0.25) is 6.55 Å². The van der Waals surface area contributed by atoms with Gasteiger partial charge in [0.15, 0.2) is 0 Å². The number of aldehydes is 1. The van der Waals surface area contributed by atoms with Crippen LogP contribution < -0.4 is 5.19 Å². The molecule has 1 nitrogen and oxygen atoms in total. The Morgan fingerprint density at radius 2 is 1.93 bits per heavy atom. The topological polar surface area (TPSA) is 17.1 Å². The van der Waals surface area contributed by atoms with Crippen LogP contribution in [0.5, 0.6) is 0 Å². The Bertz CT molecular complexity index is 337. The molecule has 0 N–H and O–H groups in total. The van der Waals surface area contributed by atoms with Gasteiger partial charge in [0.2, 0.25) is 0 Å². The third kappa shape index (κ3) is 2.32. The van der Waals surface area contributed by atoms with Crippen molar-refractivity contribution in [3.05, 3.63) is 29.3 Å². The zero-order valence-electron chi connectivity index (χ0n) is 9.42. The quantitative estimate of drug-likeness (QED) is 0.531. The second-order valence-electron chi connectivity index (χ2n) is 4.63. The van der Waals surface area contributed by atoms with Crippen molar-refractivity contribution in [3.63, 3.8) is 0 Å². The van der Waals surface area contributed by atoms with Gasteiger partial charge in [-0.3, -0.25) is 4.79 Å². The highest BCUT2D eigenvalue weighted by Gasteiger charge is 2.14. The molecule has 0 bridgehead atoms. The number of hydrogen-bond acceptors (Lipinski definition) is 1. The van der Waals surface area contributed by atoms with E-state index in [1.807, 2.05) is 6.07 Å². The van der Waals surface area contributed by atoms with E-state index in [2.05, 4.69) is 39.5 Å². The first-order valence-electron chi connectivity index (χ1n) is 5.07. The maximum atomic E-state index is 10.8. The Labute approximate surface area is 88.4 Å². The number of carbonyl (C=O) groups excluding carboxylic acids is 1. The minimum Gasteiger partial charge on any atom is -0.298 e. The smallest absolute Gasteiger partial charge is 0.149 e. The molecule has 14 heavy (non-hydrogen) atoms. The van der Waals surface area contributed by atoms with Crippen LogP contribution in [0, 0.1) is 0 Å². The van der Waals surface area contributed by atoms with E-state index in [-0.39, 0.29) is 14.9 Å². The van der Waals surface area contributed by atoms with Gasteiger partial charge in [0.25, 0.3) is 0 Å². The first kappa shape index (κ1) is 11.2. The van der Waals surface area contributed by atoms with E-state index in [4.69, 9.17) is 0 Å². The molecule has 0 aliphatic heterocycles. The number of carbonyl (C=O) groups is 1. The van der Waals surface area contributed by atoms with Crippen molar-refractivity contribution >= 4 is 21.0 Å². The van der Waals surface area contributed by atoms with Crippen LogP contribution in [-0.4, -0.2) is 15.8 Å². The summed E-state index contributed by atoms with van der Waals surface area (Å²) in [7, 11) is -0.259. The predicted octanol–water partition coefficient (Wildman–Crippen LogP) is 1.64. The summed E-state index contributed by atoms with van der Waals surface area (Å²) in [6.45, 7) is 8.81. The second-order valence-corrected chi connectivity index (χ2v) is 6.10. The molecule has 0 heterocycles. The maximum Gasteiger partial charge on any atom is 0.149 e. The first-order chi connectivity index (χ1) is 6.49. The lowest BCUT2D eigenvalue weighted by Gasteiger charge is -2.20. The minimum atomic E-state index is -0.259. The molecule has 0 fully saturated rings. The van der Waals surface area contributed by atoms with Crippen molar-refractivity contribution in [2.75, 3.05) is 0 Å². The van der Waals surface area contributed by atoms with Gasteiger partial charge in [0, 0.05) is 5.56 Å². The molecule has 0 unspecified atom stereocenters. The molecule has 76 valence electrons. The van der Waals surface area contributed by atoms with Crippen molar-refractivity contribution in [2.24, 2.45) is 0 Å². The predicted molar refractivity (Wildman–Crippen MR) is 64.6 cm³/mol. The van der Waals surface area contributed by atoms with Gasteiger partial charge in [0.1, 0.15) is 6.29 Å². The fraction of sp³-hybridized carbons (Fsp3) is 0.417. The van der Waals surface area contributed by atoms with E-state index in [1.54, 1.807) is 0 Å². The third-order valence-electron chi connectivity index (χ3n) is 2.52. The molecule has 0 atom stereocenters. The molecule has 0 amide bonds. The van der Waals surface area contributed by atoms with Crippen molar-refractivity contribution in [2.45, 2.75) is 32.7 Å². The van der Waals surface area contributed by atoms with Crippen molar-refractivity contribution < 1.29 is 4.79 Å². The van der Waals surface area contributed by atoms with Gasteiger partial charge in [-0.25, -0.2) is 0 Å². The molecule has 0 spiro atoms. The summed E-state index contributed by atoms with van der Waals surface area (Å²) in [5, 5.41) is 1.28. The molecule has 0 radical (unpaired) electrons.